The third-order valence-electron chi connectivity index (χ3n) is 3.71. The Morgan fingerprint density at radius 3 is 2.72 bits per heavy atom. The van der Waals surface area contributed by atoms with E-state index in [0.29, 0.717) is 6.07 Å². The fourth-order valence-corrected chi connectivity index (χ4v) is 2.49. The molecule has 0 fully saturated rings. The zero-order valence-corrected chi connectivity index (χ0v) is 12.6. The van der Waals surface area contributed by atoms with E-state index in [4.69, 9.17) is 4.11 Å². The molecule has 0 unspecified atom stereocenters. The average molecular weight is 352 g/mol. The van der Waals surface area contributed by atoms with E-state index in [1.165, 1.54) is 6.33 Å². The van der Waals surface area contributed by atoms with E-state index >= 15 is 0 Å². The molecule has 9 heteroatoms. The molecular formula is C16H14F3N5O. The van der Waals surface area contributed by atoms with Gasteiger partial charge in [-0.25, -0.2) is 32.8 Å². The molecule has 1 N–H and O–H groups in total. The van der Waals surface area contributed by atoms with Crippen LogP contribution in [0.4, 0.5) is 13.2 Å². The van der Waals surface area contributed by atoms with Crippen molar-refractivity contribution < 1.29 is 22.4 Å². The van der Waals surface area contributed by atoms with Gasteiger partial charge in [-0.05, 0) is 6.07 Å². The van der Waals surface area contributed by atoms with Crippen LogP contribution in [0.5, 0.6) is 0 Å². The Hall–Kier alpha value is -2.81. The highest BCUT2D eigenvalue weighted by molar-refractivity contribution is 5.30. The molecule has 2 heterocycles. The maximum Gasteiger partial charge on any atom is 0.163 e. The van der Waals surface area contributed by atoms with Crippen LogP contribution in [0.15, 0.2) is 43.4 Å². The van der Waals surface area contributed by atoms with Crippen molar-refractivity contribution in [2.24, 2.45) is 0 Å². The zero-order valence-electron chi connectivity index (χ0n) is 15.6. The minimum Gasteiger partial charge on any atom is -0.382 e. The number of hydrogen-bond acceptors (Lipinski definition) is 5. The third kappa shape index (κ3) is 3.22. The predicted molar refractivity (Wildman–Crippen MR) is 80.7 cm³/mol. The third-order valence-corrected chi connectivity index (χ3v) is 3.71. The number of aliphatic hydroxyl groups is 1. The zero-order chi connectivity index (χ0) is 20.5. The summed E-state index contributed by atoms with van der Waals surface area (Å²) in [5.74, 6) is -5.25. The molecule has 0 spiro atoms. The van der Waals surface area contributed by atoms with E-state index < -0.39 is 53.6 Å². The van der Waals surface area contributed by atoms with Gasteiger partial charge in [0, 0.05) is 21.7 Å². The van der Waals surface area contributed by atoms with Crippen molar-refractivity contribution >= 4 is 0 Å². The summed E-state index contributed by atoms with van der Waals surface area (Å²) in [6.07, 6.45) is 3.93. The molecule has 6 nitrogen and oxygen atoms in total. The molecule has 0 amide bonds. The molecule has 2 atom stereocenters. The maximum absolute atomic E-state index is 14.6. The van der Waals surface area contributed by atoms with Gasteiger partial charge >= 0.3 is 0 Å². The van der Waals surface area contributed by atoms with Crippen LogP contribution in [-0.2, 0) is 12.1 Å². The molecule has 1 aromatic carbocycles. The largest absolute Gasteiger partial charge is 0.382 e. The van der Waals surface area contributed by atoms with E-state index in [9.17, 15) is 18.3 Å². The van der Waals surface area contributed by atoms with Gasteiger partial charge in [-0.2, -0.15) is 5.10 Å². The first-order valence-electron chi connectivity index (χ1n) is 8.58. The van der Waals surface area contributed by atoms with E-state index in [-0.39, 0.29) is 0 Å². The standard InChI is InChI=1S/C16H14F3N5O/c1-10(15-14(19)5-20-7-22-15)16(25,6-24-9-21-8-23-24)12-3-2-11(17)4-13(12)18/h2-5,7-10,25H,6H2,1H3/t10-,16+/m0/s1/i1D3. The Labute approximate surface area is 145 Å². The van der Waals surface area contributed by atoms with Crippen molar-refractivity contribution in [3.8, 4) is 0 Å². The molecule has 0 aliphatic heterocycles. The van der Waals surface area contributed by atoms with Crippen LogP contribution in [0.2, 0.25) is 0 Å². The molecule has 25 heavy (non-hydrogen) atoms. The first-order chi connectivity index (χ1) is 13.1. The molecule has 3 rings (SSSR count). The Bertz CT molecular complexity index is 970. The SMILES string of the molecule is [2H]C([2H])([2H])[C@@H](c1ncncc1F)[C@](O)(Cn1cncn1)c1ccc(F)cc1F. The van der Waals surface area contributed by atoms with E-state index in [1.807, 2.05) is 0 Å². The fraction of sp³-hybridized carbons (Fsp3) is 0.250. The molecule has 0 aliphatic rings. The Morgan fingerprint density at radius 1 is 1.24 bits per heavy atom. The van der Waals surface area contributed by atoms with Crippen LogP contribution < -0.4 is 0 Å². The Balaban J connectivity index is 2.27. The normalized spacial score (nSPS) is 17.2. The van der Waals surface area contributed by atoms with Crippen molar-refractivity contribution in [2.45, 2.75) is 24.9 Å². The van der Waals surface area contributed by atoms with Gasteiger partial charge < -0.3 is 5.11 Å². The first-order valence-corrected chi connectivity index (χ1v) is 7.08. The highest BCUT2D eigenvalue weighted by Crippen LogP contribution is 2.39. The summed E-state index contributed by atoms with van der Waals surface area (Å²) in [5, 5.41) is 15.3. The molecule has 130 valence electrons. The summed E-state index contributed by atoms with van der Waals surface area (Å²) in [5.41, 5.74) is -3.77. The summed E-state index contributed by atoms with van der Waals surface area (Å²) in [4.78, 5) is 10.8. The average Bonchev–Trinajstić information content (AvgIpc) is 3.08. The molecule has 0 aliphatic carbocycles. The molecule has 3 aromatic rings. The summed E-state index contributed by atoms with van der Waals surface area (Å²) < 4.78 is 67.0. The molecular weight excluding hydrogens is 335 g/mol. The molecule has 2 aromatic heterocycles. The van der Waals surface area contributed by atoms with E-state index in [0.717, 1.165) is 35.7 Å². The van der Waals surface area contributed by atoms with E-state index in [1.54, 1.807) is 0 Å². The lowest BCUT2D eigenvalue weighted by Crippen LogP contribution is -2.39. The van der Waals surface area contributed by atoms with Gasteiger partial charge in [0.2, 0.25) is 0 Å². The van der Waals surface area contributed by atoms with Crippen LogP contribution in [0.1, 0.15) is 28.1 Å². The molecule has 0 saturated carbocycles. The topological polar surface area (TPSA) is 76.7 Å². The van der Waals surface area contributed by atoms with Crippen molar-refractivity contribution in [3.63, 3.8) is 0 Å². The minimum atomic E-state index is -3.02. The second-order valence-electron chi connectivity index (χ2n) is 5.33. The summed E-state index contributed by atoms with van der Waals surface area (Å²) >= 11 is 0. The van der Waals surface area contributed by atoms with Crippen LogP contribution in [0, 0.1) is 17.5 Å². The minimum absolute atomic E-state index is 0.495. The number of nitrogens with zero attached hydrogens (tertiary/aromatic N) is 5. The lowest BCUT2D eigenvalue weighted by Gasteiger charge is -2.34. The summed E-state index contributed by atoms with van der Waals surface area (Å²) in [6.45, 7) is -3.63. The lowest BCUT2D eigenvalue weighted by atomic mass is 9.79. The predicted octanol–water partition coefficient (Wildman–Crippen LogP) is 2.18. The number of aromatic nitrogens is 5. The molecule has 0 bridgehead atoms. The number of hydrogen-bond donors (Lipinski definition) is 1. The van der Waals surface area contributed by atoms with Crippen molar-refractivity contribution in [1.29, 1.82) is 0 Å². The molecule has 0 radical (unpaired) electrons. The summed E-state index contributed by atoms with van der Waals surface area (Å²) in [7, 11) is 0. The quantitative estimate of drug-likeness (QED) is 0.762. The van der Waals surface area contributed by atoms with Crippen LogP contribution in [-0.4, -0.2) is 29.8 Å². The van der Waals surface area contributed by atoms with Gasteiger partial charge in [-0.3, -0.25) is 0 Å². The lowest BCUT2D eigenvalue weighted by molar-refractivity contribution is -0.0133. The monoisotopic (exact) mass is 352 g/mol. The molecule has 0 saturated heterocycles. The van der Waals surface area contributed by atoms with Crippen molar-refractivity contribution in [1.82, 2.24) is 24.7 Å². The fourth-order valence-electron chi connectivity index (χ4n) is 2.49. The van der Waals surface area contributed by atoms with Crippen molar-refractivity contribution in [2.75, 3.05) is 0 Å². The van der Waals surface area contributed by atoms with Gasteiger partial charge in [0.25, 0.3) is 0 Å². The summed E-state index contributed by atoms with van der Waals surface area (Å²) in [6, 6.07) is 2.26. The number of benzene rings is 1. The van der Waals surface area contributed by atoms with Crippen molar-refractivity contribution in [3.05, 3.63) is 72.1 Å². The highest BCUT2D eigenvalue weighted by Gasteiger charge is 2.41. The Kier molecular flexibility index (Phi) is 3.56. The highest BCUT2D eigenvalue weighted by atomic mass is 19.1. The van der Waals surface area contributed by atoms with Crippen LogP contribution in [0.3, 0.4) is 0 Å². The van der Waals surface area contributed by atoms with Gasteiger partial charge in [0.05, 0.1) is 18.4 Å². The van der Waals surface area contributed by atoms with E-state index in [2.05, 4.69) is 20.1 Å². The van der Waals surface area contributed by atoms with Gasteiger partial charge in [0.15, 0.2) is 5.82 Å². The van der Waals surface area contributed by atoms with Crippen LogP contribution in [0.25, 0.3) is 0 Å². The smallest absolute Gasteiger partial charge is 0.163 e. The van der Waals surface area contributed by atoms with Gasteiger partial charge in [-0.15, -0.1) is 0 Å². The maximum atomic E-state index is 14.6. The van der Waals surface area contributed by atoms with Gasteiger partial charge in [0.1, 0.15) is 36.2 Å². The van der Waals surface area contributed by atoms with Gasteiger partial charge in [-0.1, -0.05) is 12.9 Å². The number of rotatable bonds is 5. The van der Waals surface area contributed by atoms with Crippen LogP contribution >= 0.6 is 0 Å². The Morgan fingerprint density at radius 2 is 2.08 bits per heavy atom. The second kappa shape index (κ2) is 6.60. The first kappa shape index (κ1) is 13.5. The second-order valence-corrected chi connectivity index (χ2v) is 5.33. The number of halogens is 3.